The standard InChI is InChI=1S/C32H57O7PS/c1-6-8-10-12-14-15-16-18-24-36-30(26-37-29-22-20-28(21-23-29)32(3,4)5)27-38-40(35,31(33)39-34)41-25-19-17-13-11-9-7-2/h20-23,30,34H,6-19,24-27H2,1-5H3. The molecule has 0 radical (unpaired) electrons. The molecule has 0 fully saturated rings. The zero-order chi connectivity index (χ0) is 30.4. The largest absolute Gasteiger partial charge is 0.491 e. The van der Waals surface area contributed by atoms with Gasteiger partial charge in [-0.3, -0.25) is 9.45 Å². The lowest BCUT2D eigenvalue weighted by Crippen LogP contribution is -2.27. The first-order valence-corrected chi connectivity index (χ1v) is 19.0. The second-order valence-corrected chi connectivity index (χ2v) is 16.3. The van der Waals surface area contributed by atoms with E-state index in [0.717, 1.165) is 43.5 Å². The number of hydrogen-bond acceptors (Lipinski definition) is 8. The van der Waals surface area contributed by atoms with Crippen LogP contribution in [0.4, 0.5) is 4.79 Å². The van der Waals surface area contributed by atoms with Gasteiger partial charge in [-0.15, -0.1) is 0 Å². The summed E-state index contributed by atoms with van der Waals surface area (Å²) in [6.07, 6.45) is 15.5. The molecule has 2 unspecified atom stereocenters. The van der Waals surface area contributed by atoms with Crippen molar-refractivity contribution in [2.45, 2.75) is 136 Å². The van der Waals surface area contributed by atoms with Crippen molar-refractivity contribution in [1.82, 2.24) is 0 Å². The predicted molar refractivity (Wildman–Crippen MR) is 171 cm³/mol. The van der Waals surface area contributed by atoms with Crippen LogP contribution in [0, 0.1) is 0 Å². The van der Waals surface area contributed by atoms with Crippen molar-refractivity contribution in [3.05, 3.63) is 29.8 Å². The third-order valence-corrected chi connectivity index (χ3v) is 11.2. The Hall–Kier alpha value is -1.05. The Morgan fingerprint density at radius 3 is 1.90 bits per heavy atom. The van der Waals surface area contributed by atoms with E-state index in [4.69, 9.17) is 19.3 Å². The number of benzene rings is 1. The van der Waals surface area contributed by atoms with Crippen LogP contribution >= 0.6 is 18.0 Å². The average Bonchev–Trinajstić information content (AvgIpc) is 2.96. The van der Waals surface area contributed by atoms with Crippen molar-refractivity contribution in [1.29, 1.82) is 0 Å². The molecule has 2 atom stereocenters. The molecule has 41 heavy (non-hydrogen) atoms. The molecule has 0 aliphatic rings. The SMILES string of the molecule is CCCCCCCCCCOC(COc1ccc(C(C)(C)C)cc1)COP(=O)(SCCCCCCCC)C(=O)OO. The smallest absolute Gasteiger partial charge is 0.434 e. The van der Waals surface area contributed by atoms with Crippen LogP contribution in [0.3, 0.4) is 0 Å². The second kappa shape index (κ2) is 22.5. The van der Waals surface area contributed by atoms with Crippen molar-refractivity contribution in [3.8, 4) is 5.75 Å². The van der Waals surface area contributed by atoms with E-state index >= 15 is 0 Å². The summed E-state index contributed by atoms with van der Waals surface area (Å²) in [5.41, 5.74) is 0.0134. The molecule has 0 bridgehead atoms. The molecule has 0 saturated heterocycles. The molecule has 0 heterocycles. The fourth-order valence-electron chi connectivity index (χ4n) is 4.31. The summed E-state index contributed by atoms with van der Waals surface area (Å²) in [5.74, 6) is 1.19. The maximum absolute atomic E-state index is 13.3. The second-order valence-electron chi connectivity index (χ2n) is 11.8. The minimum atomic E-state index is -3.94. The van der Waals surface area contributed by atoms with E-state index in [9.17, 15) is 9.36 Å². The molecule has 1 N–H and O–H groups in total. The zero-order valence-corrected chi connectivity index (χ0v) is 28.1. The summed E-state index contributed by atoms with van der Waals surface area (Å²) in [6, 6.07) is 7.96. The average molecular weight is 617 g/mol. The maximum atomic E-state index is 13.3. The first-order chi connectivity index (χ1) is 19.7. The van der Waals surface area contributed by atoms with E-state index in [1.807, 2.05) is 24.3 Å². The minimum Gasteiger partial charge on any atom is -0.491 e. The number of hydrogen-bond donors (Lipinski definition) is 1. The Balaban J connectivity index is 2.68. The van der Waals surface area contributed by atoms with E-state index < -0.39 is 18.4 Å². The highest BCUT2D eigenvalue weighted by Crippen LogP contribution is 2.61. The van der Waals surface area contributed by atoms with Gasteiger partial charge in [0.25, 0.3) is 0 Å². The van der Waals surface area contributed by atoms with Gasteiger partial charge in [-0.25, -0.2) is 4.79 Å². The molecule has 0 spiro atoms. The lowest BCUT2D eigenvalue weighted by Gasteiger charge is -2.22. The van der Waals surface area contributed by atoms with Crippen molar-refractivity contribution in [2.24, 2.45) is 0 Å². The molecule has 1 aromatic carbocycles. The van der Waals surface area contributed by atoms with Crippen LogP contribution in [-0.4, -0.2) is 42.6 Å². The molecule has 0 aliphatic carbocycles. The topological polar surface area (TPSA) is 91.3 Å². The Morgan fingerprint density at radius 1 is 0.829 bits per heavy atom. The first kappa shape index (κ1) is 38.0. The quantitative estimate of drug-likeness (QED) is 0.0502. The Bertz CT molecular complexity index is 841. The Morgan fingerprint density at radius 2 is 1.37 bits per heavy atom. The molecule has 0 saturated carbocycles. The lowest BCUT2D eigenvalue weighted by atomic mass is 9.87. The molecule has 0 aromatic heterocycles. The molecule has 1 aromatic rings. The molecule has 0 aliphatic heterocycles. The highest BCUT2D eigenvalue weighted by Gasteiger charge is 2.37. The van der Waals surface area contributed by atoms with Crippen LogP contribution in [0.25, 0.3) is 0 Å². The minimum absolute atomic E-state index is 0.0453. The Kier molecular flexibility index (Phi) is 20.8. The van der Waals surface area contributed by atoms with Crippen LogP contribution in [-0.2, 0) is 24.1 Å². The van der Waals surface area contributed by atoms with E-state index in [-0.39, 0.29) is 18.6 Å². The highest BCUT2D eigenvalue weighted by atomic mass is 32.7. The molecular formula is C32H57O7PS. The summed E-state index contributed by atoms with van der Waals surface area (Å²) in [7, 11) is 0. The van der Waals surface area contributed by atoms with Crippen molar-refractivity contribution >= 4 is 23.7 Å². The van der Waals surface area contributed by atoms with E-state index in [0.29, 0.717) is 18.1 Å². The molecule has 9 heteroatoms. The van der Waals surface area contributed by atoms with Crippen LogP contribution in [0.15, 0.2) is 24.3 Å². The van der Waals surface area contributed by atoms with E-state index in [1.54, 1.807) is 0 Å². The van der Waals surface area contributed by atoms with Crippen molar-refractivity contribution in [2.75, 3.05) is 25.6 Å². The summed E-state index contributed by atoms with van der Waals surface area (Å²) >= 11 is 0.926. The third-order valence-electron chi connectivity index (χ3n) is 7.00. The van der Waals surface area contributed by atoms with Gasteiger partial charge in [0, 0.05) is 12.4 Å². The first-order valence-electron chi connectivity index (χ1n) is 15.8. The zero-order valence-electron chi connectivity index (χ0n) is 26.4. The van der Waals surface area contributed by atoms with Gasteiger partial charge in [0.1, 0.15) is 18.5 Å². The summed E-state index contributed by atoms with van der Waals surface area (Å²) in [5, 5.41) is 8.99. The maximum Gasteiger partial charge on any atom is 0.434 e. The number of unbranched alkanes of at least 4 members (excludes halogenated alkanes) is 12. The molecular weight excluding hydrogens is 559 g/mol. The van der Waals surface area contributed by atoms with Crippen LogP contribution < -0.4 is 4.74 Å². The number of carbonyl (C=O) groups is 1. The number of ether oxygens (including phenoxy) is 2. The highest BCUT2D eigenvalue weighted by molar-refractivity contribution is 8.61. The van der Waals surface area contributed by atoms with Crippen molar-refractivity contribution in [3.63, 3.8) is 0 Å². The normalized spacial score (nSPS) is 14.0. The van der Waals surface area contributed by atoms with Gasteiger partial charge in [0.15, 0.2) is 0 Å². The predicted octanol–water partition coefficient (Wildman–Crippen LogP) is 10.8. The van der Waals surface area contributed by atoms with Crippen LogP contribution in [0.2, 0.25) is 0 Å². The molecule has 238 valence electrons. The van der Waals surface area contributed by atoms with Gasteiger partial charge in [-0.05, 0) is 36.0 Å². The van der Waals surface area contributed by atoms with Gasteiger partial charge in [-0.2, -0.15) is 5.26 Å². The van der Waals surface area contributed by atoms with Gasteiger partial charge < -0.3 is 14.0 Å². The van der Waals surface area contributed by atoms with Crippen molar-refractivity contribution < 1.29 is 33.5 Å². The summed E-state index contributed by atoms with van der Waals surface area (Å²) in [4.78, 5) is 16.1. The van der Waals surface area contributed by atoms with E-state index in [2.05, 4.69) is 39.5 Å². The fraction of sp³-hybridized carbons (Fsp3) is 0.781. The molecule has 0 amide bonds. The van der Waals surface area contributed by atoms with Gasteiger partial charge in [0.05, 0.1) is 6.61 Å². The van der Waals surface area contributed by atoms with E-state index in [1.165, 1.54) is 63.4 Å². The Labute approximate surface area is 254 Å². The monoisotopic (exact) mass is 616 g/mol. The van der Waals surface area contributed by atoms with Crippen LogP contribution in [0.5, 0.6) is 5.75 Å². The third kappa shape index (κ3) is 17.6. The van der Waals surface area contributed by atoms with Gasteiger partial charge in [0.2, 0.25) is 0 Å². The summed E-state index contributed by atoms with van der Waals surface area (Å²) in [6.45, 7) is 7.54. The molecule has 7 nitrogen and oxygen atoms in total. The fourth-order valence-corrected chi connectivity index (χ4v) is 7.56. The summed E-state index contributed by atoms with van der Waals surface area (Å²) < 4.78 is 31.1. The number of carbonyl (C=O) groups excluding carboxylic acids is 1. The molecule has 1 rings (SSSR count). The van der Waals surface area contributed by atoms with Gasteiger partial charge in [-0.1, -0.05) is 135 Å². The lowest BCUT2D eigenvalue weighted by molar-refractivity contribution is -0.168. The number of rotatable bonds is 25. The van der Waals surface area contributed by atoms with Crippen LogP contribution in [0.1, 0.15) is 130 Å². The van der Waals surface area contributed by atoms with Gasteiger partial charge >= 0.3 is 12.3 Å².